The Bertz CT molecular complexity index is 956. The topological polar surface area (TPSA) is 88.3 Å². The maximum atomic E-state index is 12.2. The van der Waals surface area contributed by atoms with Gasteiger partial charge in [0.2, 0.25) is 0 Å². The van der Waals surface area contributed by atoms with E-state index >= 15 is 0 Å². The van der Waals surface area contributed by atoms with E-state index in [4.69, 9.17) is 4.42 Å². The summed E-state index contributed by atoms with van der Waals surface area (Å²) in [5.41, 5.74) is -0.654. The first-order chi connectivity index (χ1) is 11.6. The third kappa shape index (κ3) is 2.79. The fraction of sp³-hybridized carbons (Fsp3) is 0.118. The maximum absolute atomic E-state index is 12.2. The summed E-state index contributed by atoms with van der Waals surface area (Å²) >= 11 is 0. The number of carbonyl (C=O) groups is 1. The number of H-pyrrole nitrogens is 1. The van der Waals surface area contributed by atoms with Crippen molar-refractivity contribution in [1.29, 1.82) is 0 Å². The van der Waals surface area contributed by atoms with Crippen LogP contribution in [0.25, 0.3) is 0 Å². The number of furan rings is 1. The van der Waals surface area contributed by atoms with Crippen molar-refractivity contribution in [2.45, 2.75) is 6.54 Å². The Balaban J connectivity index is 2.21. The minimum absolute atomic E-state index is 0.118. The quantitative estimate of drug-likeness (QED) is 0.723. The molecule has 0 spiro atoms. The fourth-order valence-corrected chi connectivity index (χ4v) is 2.41. The molecule has 2 heterocycles. The van der Waals surface area contributed by atoms with Crippen LogP contribution in [0.1, 0.15) is 16.1 Å². The van der Waals surface area contributed by atoms with Crippen LogP contribution in [0.5, 0.6) is 0 Å². The van der Waals surface area contributed by atoms with Crippen molar-refractivity contribution in [3.8, 4) is 0 Å². The molecule has 1 aromatic carbocycles. The number of hydrogen-bond donors (Lipinski definition) is 1. The fourth-order valence-electron chi connectivity index (χ4n) is 2.41. The standard InChI is InChI=1S/C17H15N3O4/c1-19-16(22)14(11-21)15(18-17(19)23)20(10-13-8-5-9-24-13)12-6-3-2-4-7-12/h2-9,11H,10H2,1H3,(H,18,23). The van der Waals surface area contributed by atoms with Crippen LogP contribution in [0.15, 0.2) is 62.7 Å². The Hall–Kier alpha value is -3.35. The average Bonchev–Trinajstić information content (AvgIpc) is 3.11. The van der Waals surface area contributed by atoms with Crippen LogP contribution in [0.3, 0.4) is 0 Å². The molecule has 0 radical (unpaired) electrons. The molecule has 0 bridgehead atoms. The molecule has 0 aliphatic rings. The van der Waals surface area contributed by atoms with Gasteiger partial charge in [-0.25, -0.2) is 4.79 Å². The lowest BCUT2D eigenvalue weighted by atomic mass is 10.2. The predicted octanol–water partition coefficient (Wildman–Crippen LogP) is 1.82. The number of anilines is 2. The lowest BCUT2D eigenvalue weighted by Crippen LogP contribution is -2.37. The summed E-state index contributed by atoms with van der Waals surface area (Å²) in [5, 5.41) is 0. The number of carbonyl (C=O) groups excluding carboxylic acids is 1. The SMILES string of the molecule is Cn1c(=O)[nH]c(N(Cc2ccco2)c2ccccc2)c(C=O)c1=O. The van der Waals surface area contributed by atoms with Crippen molar-refractivity contribution in [3.05, 3.63) is 80.9 Å². The predicted molar refractivity (Wildman–Crippen MR) is 88.7 cm³/mol. The van der Waals surface area contributed by atoms with E-state index in [0.29, 0.717) is 17.7 Å². The van der Waals surface area contributed by atoms with Gasteiger partial charge < -0.3 is 9.32 Å². The highest BCUT2D eigenvalue weighted by Gasteiger charge is 2.20. The van der Waals surface area contributed by atoms with Gasteiger partial charge in [0.1, 0.15) is 17.1 Å². The van der Waals surface area contributed by atoms with Gasteiger partial charge >= 0.3 is 5.69 Å². The Morgan fingerprint density at radius 1 is 1.17 bits per heavy atom. The van der Waals surface area contributed by atoms with E-state index < -0.39 is 11.2 Å². The van der Waals surface area contributed by atoms with E-state index in [1.54, 1.807) is 17.0 Å². The van der Waals surface area contributed by atoms with E-state index in [1.165, 1.54) is 13.3 Å². The van der Waals surface area contributed by atoms with Gasteiger partial charge in [0, 0.05) is 12.7 Å². The molecule has 0 aliphatic heterocycles. The van der Waals surface area contributed by atoms with Gasteiger partial charge in [0.15, 0.2) is 6.29 Å². The van der Waals surface area contributed by atoms with Crippen LogP contribution in [-0.4, -0.2) is 15.8 Å². The second-order valence-electron chi connectivity index (χ2n) is 5.18. The van der Waals surface area contributed by atoms with Crippen LogP contribution >= 0.6 is 0 Å². The number of aromatic nitrogens is 2. The number of nitrogens with one attached hydrogen (secondary N) is 1. The van der Waals surface area contributed by atoms with Crippen molar-refractivity contribution < 1.29 is 9.21 Å². The summed E-state index contributed by atoms with van der Waals surface area (Å²) in [6.07, 6.45) is 1.98. The molecule has 0 unspecified atom stereocenters. The van der Waals surface area contributed by atoms with Gasteiger partial charge in [0.25, 0.3) is 5.56 Å². The lowest BCUT2D eigenvalue weighted by Gasteiger charge is -2.24. The Labute approximate surface area is 136 Å². The van der Waals surface area contributed by atoms with Crippen LogP contribution < -0.4 is 16.1 Å². The second kappa shape index (κ2) is 6.41. The summed E-state index contributed by atoms with van der Waals surface area (Å²) in [6.45, 7) is 0.251. The average molecular weight is 325 g/mol. The largest absolute Gasteiger partial charge is 0.467 e. The van der Waals surface area contributed by atoms with Gasteiger partial charge in [-0.3, -0.25) is 19.1 Å². The monoisotopic (exact) mass is 325 g/mol. The van der Waals surface area contributed by atoms with Crippen LogP contribution in [0.2, 0.25) is 0 Å². The smallest absolute Gasteiger partial charge is 0.329 e. The minimum Gasteiger partial charge on any atom is -0.467 e. The van der Waals surface area contributed by atoms with Crippen molar-refractivity contribution in [2.75, 3.05) is 4.90 Å². The van der Waals surface area contributed by atoms with E-state index in [-0.39, 0.29) is 17.9 Å². The van der Waals surface area contributed by atoms with E-state index in [2.05, 4.69) is 4.98 Å². The van der Waals surface area contributed by atoms with Gasteiger partial charge in [-0.2, -0.15) is 0 Å². The molecular weight excluding hydrogens is 310 g/mol. The number of aromatic amines is 1. The van der Waals surface area contributed by atoms with E-state index in [9.17, 15) is 14.4 Å². The number of rotatable bonds is 5. The van der Waals surface area contributed by atoms with Gasteiger partial charge in [-0.05, 0) is 24.3 Å². The molecule has 0 aliphatic carbocycles. The summed E-state index contributed by atoms with van der Waals surface area (Å²) in [5.74, 6) is 0.762. The molecule has 24 heavy (non-hydrogen) atoms. The van der Waals surface area contributed by atoms with Gasteiger partial charge in [-0.15, -0.1) is 0 Å². The summed E-state index contributed by atoms with van der Waals surface area (Å²) in [6, 6.07) is 12.6. The summed E-state index contributed by atoms with van der Waals surface area (Å²) < 4.78 is 6.22. The van der Waals surface area contributed by atoms with Crippen LogP contribution in [-0.2, 0) is 13.6 Å². The third-order valence-corrected chi connectivity index (χ3v) is 3.67. The first-order valence-corrected chi connectivity index (χ1v) is 7.25. The zero-order valence-corrected chi connectivity index (χ0v) is 12.9. The van der Waals surface area contributed by atoms with Crippen molar-refractivity contribution in [1.82, 2.24) is 9.55 Å². The number of para-hydroxylation sites is 1. The molecule has 7 nitrogen and oxygen atoms in total. The number of benzene rings is 1. The van der Waals surface area contributed by atoms with Gasteiger partial charge in [0.05, 0.1) is 12.8 Å². The molecule has 0 atom stereocenters. The molecule has 0 fully saturated rings. The molecule has 3 aromatic rings. The first-order valence-electron chi connectivity index (χ1n) is 7.25. The minimum atomic E-state index is -0.649. The molecule has 0 amide bonds. The van der Waals surface area contributed by atoms with Crippen molar-refractivity contribution in [2.24, 2.45) is 7.05 Å². The third-order valence-electron chi connectivity index (χ3n) is 3.67. The molecule has 2 aromatic heterocycles. The number of nitrogens with zero attached hydrogens (tertiary/aromatic N) is 2. The first kappa shape index (κ1) is 15.5. The van der Waals surface area contributed by atoms with Crippen LogP contribution in [0, 0.1) is 0 Å². The van der Waals surface area contributed by atoms with Crippen molar-refractivity contribution in [3.63, 3.8) is 0 Å². The second-order valence-corrected chi connectivity index (χ2v) is 5.18. The molecule has 0 saturated heterocycles. The van der Waals surface area contributed by atoms with Crippen molar-refractivity contribution >= 4 is 17.8 Å². The molecule has 7 heteroatoms. The Morgan fingerprint density at radius 2 is 1.92 bits per heavy atom. The molecule has 122 valence electrons. The number of aldehydes is 1. The Kier molecular flexibility index (Phi) is 4.15. The summed E-state index contributed by atoms with van der Waals surface area (Å²) in [7, 11) is 1.32. The normalized spacial score (nSPS) is 10.5. The highest BCUT2D eigenvalue weighted by molar-refractivity contribution is 5.84. The molecule has 3 rings (SSSR count). The maximum Gasteiger partial charge on any atom is 0.329 e. The zero-order chi connectivity index (χ0) is 17.1. The zero-order valence-electron chi connectivity index (χ0n) is 12.9. The van der Waals surface area contributed by atoms with E-state index in [0.717, 1.165) is 4.57 Å². The Morgan fingerprint density at radius 3 is 2.54 bits per heavy atom. The lowest BCUT2D eigenvalue weighted by molar-refractivity contribution is 0.112. The number of hydrogen-bond acceptors (Lipinski definition) is 5. The van der Waals surface area contributed by atoms with Gasteiger partial charge in [-0.1, -0.05) is 18.2 Å². The van der Waals surface area contributed by atoms with E-state index in [1.807, 2.05) is 30.3 Å². The molecule has 0 saturated carbocycles. The highest BCUT2D eigenvalue weighted by Crippen LogP contribution is 2.26. The van der Waals surface area contributed by atoms with Crippen LogP contribution in [0.4, 0.5) is 11.5 Å². The molecular formula is C17H15N3O4. The summed E-state index contributed by atoms with van der Waals surface area (Å²) in [4.78, 5) is 40.0. The highest BCUT2D eigenvalue weighted by atomic mass is 16.3. The molecule has 1 N–H and O–H groups in total.